The van der Waals surface area contributed by atoms with Crippen molar-refractivity contribution < 1.29 is 29.3 Å². The molecular weight excluding hydrogens is 368 g/mol. The molecule has 0 amide bonds. The first-order chi connectivity index (χ1) is 11.9. The molecule has 2 rings (SSSR count). The zero-order chi connectivity index (χ0) is 18.8. The van der Waals surface area contributed by atoms with E-state index >= 15 is 0 Å². The lowest BCUT2D eigenvalue weighted by molar-refractivity contribution is -0.159. The molecular formula is C15H17ClN4O6. The van der Waals surface area contributed by atoms with E-state index in [0.717, 1.165) is 0 Å². The highest BCUT2D eigenvalue weighted by molar-refractivity contribution is 5.96. The highest BCUT2D eigenvalue weighted by Crippen LogP contribution is 2.26. The van der Waals surface area contributed by atoms with Gasteiger partial charge in [0.15, 0.2) is 23.2 Å². The number of carbonyl (C=O) groups is 2. The van der Waals surface area contributed by atoms with Gasteiger partial charge in [0.05, 0.1) is 7.11 Å². The van der Waals surface area contributed by atoms with Crippen molar-refractivity contribution in [2.45, 2.75) is 6.10 Å². The first-order valence-electron chi connectivity index (χ1n) is 6.73. The number of nitrogen functional groups attached to an aromatic ring is 1. The molecule has 0 unspecified atom stereocenters. The summed E-state index contributed by atoms with van der Waals surface area (Å²) in [6, 6.07) is 7.88. The van der Waals surface area contributed by atoms with Crippen LogP contribution < -0.4 is 15.2 Å². The van der Waals surface area contributed by atoms with Gasteiger partial charge in [-0.2, -0.15) is 0 Å². The van der Waals surface area contributed by atoms with Gasteiger partial charge < -0.3 is 25.4 Å². The predicted molar refractivity (Wildman–Crippen MR) is 93.0 cm³/mol. The Morgan fingerprint density at radius 3 is 1.96 bits per heavy atom. The maximum atomic E-state index is 10.6. The molecule has 1 aromatic heterocycles. The molecule has 11 heteroatoms. The number of halogens is 1. The number of ether oxygens (including phenoxy) is 2. The lowest BCUT2D eigenvalue weighted by atomic mass is 10.3. The Morgan fingerprint density at radius 1 is 1.08 bits per heavy atom. The molecule has 10 nitrogen and oxygen atoms in total. The summed E-state index contributed by atoms with van der Waals surface area (Å²) in [5.74, 6) is -2.63. The normalized spacial score (nSPS) is 9.15. The monoisotopic (exact) mass is 384 g/mol. The molecule has 0 aliphatic heterocycles. The molecule has 0 fully saturated rings. The number of rotatable bonds is 6. The quantitative estimate of drug-likeness (QED) is 0.319. The van der Waals surface area contributed by atoms with Crippen molar-refractivity contribution in [2.24, 2.45) is 5.73 Å². The van der Waals surface area contributed by atoms with Crippen molar-refractivity contribution >= 4 is 30.2 Å². The molecule has 26 heavy (non-hydrogen) atoms. The molecule has 0 radical (unpaired) electrons. The van der Waals surface area contributed by atoms with E-state index in [1.807, 2.05) is 0 Å². The largest absolute Gasteiger partial charge is 0.493 e. The van der Waals surface area contributed by atoms with Crippen LogP contribution in [0, 0.1) is 5.41 Å². The molecule has 1 heterocycles. The van der Waals surface area contributed by atoms with Crippen LogP contribution in [0.15, 0.2) is 42.7 Å². The summed E-state index contributed by atoms with van der Waals surface area (Å²) in [6.45, 7) is 0. The molecule has 0 aliphatic rings. The molecule has 140 valence electrons. The highest BCUT2D eigenvalue weighted by Gasteiger charge is 2.28. The molecule has 0 saturated heterocycles. The number of amidine groups is 1. The maximum absolute atomic E-state index is 10.6. The van der Waals surface area contributed by atoms with Crippen LogP contribution in [0.2, 0.25) is 0 Å². The second-order valence-electron chi connectivity index (χ2n) is 4.31. The van der Waals surface area contributed by atoms with Gasteiger partial charge in [0, 0.05) is 12.4 Å². The topological polar surface area (TPSA) is 169 Å². The second-order valence-corrected chi connectivity index (χ2v) is 4.31. The number of nitrogens with zero attached hydrogens (tertiary/aromatic N) is 2. The van der Waals surface area contributed by atoms with Crippen molar-refractivity contribution in [1.29, 1.82) is 5.41 Å². The van der Waals surface area contributed by atoms with Gasteiger partial charge in [-0.05, 0) is 18.2 Å². The van der Waals surface area contributed by atoms with E-state index < -0.39 is 18.0 Å². The van der Waals surface area contributed by atoms with E-state index in [2.05, 4.69) is 9.97 Å². The van der Waals surface area contributed by atoms with E-state index in [9.17, 15) is 9.59 Å². The van der Waals surface area contributed by atoms with Crippen molar-refractivity contribution in [1.82, 2.24) is 9.97 Å². The van der Waals surface area contributed by atoms with Crippen LogP contribution in [-0.2, 0) is 9.59 Å². The third-order valence-corrected chi connectivity index (χ3v) is 2.57. The number of carboxylic acids is 2. The van der Waals surface area contributed by atoms with Crippen molar-refractivity contribution in [3.63, 3.8) is 0 Å². The minimum Gasteiger partial charge on any atom is -0.493 e. The van der Waals surface area contributed by atoms with E-state index in [1.54, 1.807) is 30.6 Å². The van der Waals surface area contributed by atoms with E-state index in [4.69, 9.17) is 30.8 Å². The lowest BCUT2D eigenvalue weighted by Crippen LogP contribution is -2.35. The number of hydrogen-bond donors (Lipinski definition) is 4. The summed E-state index contributed by atoms with van der Waals surface area (Å²) in [5.41, 5.74) is 5.07. The number of hydrogen-bond acceptors (Lipinski definition) is 7. The number of aliphatic carboxylic acids is 2. The fourth-order valence-electron chi connectivity index (χ4n) is 1.49. The maximum Gasteiger partial charge on any atom is 0.356 e. The number of methoxy groups -OCH3 is 1. The van der Waals surface area contributed by atoms with Crippen LogP contribution in [0.4, 0.5) is 0 Å². The zero-order valence-corrected chi connectivity index (χ0v) is 14.3. The van der Waals surface area contributed by atoms with Gasteiger partial charge >= 0.3 is 11.9 Å². The Bertz CT molecular complexity index is 730. The number of nitrogens with two attached hydrogens (primary N) is 1. The average Bonchev–Trinajstić information content (AvgIpc) is 2.60. The number of nitrogens with one attached hydrogen (secondary N) is 1. The predicted octanol–water partition coefficient (Wildman–Crippen LogP) is 0.794. The van der Waals surface area contributed by atoms with Gasteiger partial charge in [0.25, 0.3) is 6.10 Å². The smallest absolute Gasteiger partial charge is 0.356 e. The van der Waals surface area contributed by atoms with Crippen LogP contribution >= 0.6 is 12.4 Å². The molecule has 0 spiro atoms. The first-order valence-corrected chi connectivity index (χ1v) is 6.73. The van der Waals surface area contributed by atoms with Crippen molar-refractivity contribution in [2.75, 3.05) is 7.11 Å². The molecule has 0 atom stereocenters. The Hall–Kier alpha value is -3.40. The van der Waals surface area contributed by atoms with Crippen LogP contribution in [0.25, 0.3) is 0 Å². The Morgan fingerprint density at radius 2 is 1.58 bits per heavy atom. The van der Waals surface area contributed by atoms with Crippen LogP contribution in [0.5, 0.6) is 11.5 Å². The van der Waals surface area contributed by atoms with Crippen LogP contribution in [0.3, 0.4) is 0 Å². The number of carboxylic acid groups (broad SMARTS) is 2. The van der Waals surface area contributed by atoms with E-state index in [-0.39, 0.29) is 35.6 Å². The summed E-state index contributed by atoms with van der Waals surface area (Å²) >= 11 is 0. The van der Waals surface area contributed by atoms with Gasteiger partial charge in [-0.1, -0.05) is 12.1 Å². The molecule has 0 aliphatic carbocycles. The summed E-state index contributed by atoms with van der Waals surface area (Å²) < 4.78 is 9.73. The Labute approximate surface area is 154 Å². The van der Waals surface area contributed by atoms with Gasteiger partial charge in [0.1, 0.15) is 0 Å². The Kier molecular flexibility index (Phi) is 9.74. The molecule has 0 bridgehead atoms. The summed E-state index contributed by atoms with van der Waals surface area (Å²) in [4.78, 5) is 28.6. The second kappa shape index (κ2) is 11.2. The average molecular weight is 385 g/mol. The molecule has 0 saturated carbocycles. The molecule has 2 aromatic rings. The fraction of sp³-hybridized carbons (Fsp3) is 0.133. The van der Waals surface area contributed by atoms with Gasteiger partial charge in [-0.3, -0.25) is 5.41 Å². The highest BCUT2D eigenvalue weighted by atomic mass is 35.5. The van der Waals surface area contributed by atoms with Gasteiger partial charge in [-0.25, -0.2) is 19.6 Å². The molecule has 5 N–H and O–H groups in total. The van der Waals surface area contributed by atoms with Gasteiger partial charge in [-0.15, -0.1) is 12.4 Å². The number of benzene rings is 1. The SMILES string of the molecule is COc1ccccc1OC(C(=O)O)C(=O)O.Cl.N=C(N)c1ncccn1. The summed E-state index contributed by atoms with van der Waals surface area (Å²) in [6.07, 6.45) is 1.14. The van der Waals surface area contributed by atoms with E-state index in [1.165, 1.54) is 19.2 Å². The van der Waals surface area contributed by atoms with Crippen molar-refractivity contribution in [3.05, 3.63) is 48.5 Å². The summed E-state index contributed by atoms with van der Waals surface area (Å²) in [5, 5.41) is 24.1. The Balaban J connectivity index is 0.000000532. The van der Waals surface area contributed by atoms with Crippen LogP contribution in [0.1, 0.15) is 5.82 Å². The van der Waals surface area contributed by atoms with E-state index in [0.29, 0.717) is 0 Å². The third kappa shape index (κ3) is 7.01. The molecule has 1 aromatic carbocycles. The van der Waals surface area contributed by atoms with Crippen LogP contribution in [-0.4, -0.2) is 51.2 Å². The minimum absolute atomic E-state index is 0. The van der Waals surface area contributed by atoms with Gasteiger partial charge in [0.2, 0.25) is 0 Å². The minimum atomic E-state index is -1.95. The standard InChI is InChI=1S/C10H10O6.C5H6N4.ClH/c1-15-6-4-2-3-5-7(6)16-8(9(11)12)10(13)14;6-4(7)5-8-2-1-3-9-5;/h2-5,8H,1H3,(H,11,12)(H,13,14);1-3H,(H3,6,7);1H. The zero-order valence-electron chi connectivity index (χ0n) is 13.5. The lowest BCUT2D eigenvalue weighted by Gasteiger charge is -2.13. The number of para-hydroxylation sites is 2. The number of aromatic nitrogens is 2. The van der Waals surface area contributed by atoms with Crippen molar-refractivity contribution in [3.8, 4) is 11.5 Å². The first kappa shape index (κ1) is 22.6. The third-order valence-electron chi connectivity index (χ3n) is 2.57. The fourth-order valence-corrected chi connectivity index (χ4v) is 1.49. The summed E-state index contributed by atoms with van der Waals surface area (Å²) in [7, 11) is 1.37.